The van der Waals surface area contributed by atoms with Gasteiger partial charge in [0.25, 0.3) is 0 Å². The Morgan fingerprint density at radius 2 is 1.38 bits per heavy atom. The molecule has 37 heavy (non-hydrogen) atoms. The van der Waals surface area contributed by atoms with E-state index in [4.69, 9.17) is 48.8 Å². The van der Waals surface area contributed by atoms with Gasteiger partial charge in [-0.2, -0.15) is 0 Å². The summed E-state index contributed by atoms with van der Waals surface area (Å²) in [6.45, 7) is -0.408. The molecule has 17 nitrogen and oxygen atoms in total. The molecular weight excluding hydrogens is 512 g/mol. The van der Waals surface area contributed by atoms with E-state index in [2.05, 4.69) is 4.74 Å². The van der Waals surface area contributed by atoms with Crippen LogP contribution in [0.4, 0.5) is 0 Å². The summed E-state index contributed by atoms with van der Waals surface area (Å²) in [7, 11) is 3.60. The van der Waals surface area contributed by atoms with Gasteiger partial charge in [0.2, 0.25) is 0 Å². The van der Waals surface area contributed by atoms with Crippen LogP contribution in [0, 0.1) is 0 Å². The molecule has 7 unspecified atom stereocenters. The molecule has 3 aliphatic rings. The number of methoxy groups -OCH3 is 3. The van der Waals surface area contributed by atoms with Gasteiger partial charge in [0.15, 0.2) is 25.0 Å². The normalized spacial score (nSPS) is 46.5. The average Bonchev–Trinajstić information content (AvgIpc) is 2.89. The molecule has 9 N–H and O–H groups in total. The number of esters is 1. The molecule has 3 rings (SSSR count). The van der Waals surface area contributed by atoms with Crippen LogP contribution >= 0.6 is 0 Å². The lowest BCUT2D eigenvalue weighted by atomic mass is 9.98. The first kappa shape index (κ1) is 32.1. The molecule has 3 heterocycles. The van der Waals surface area contributed by atoms with Crippen molar-refractivity contribution >= 4 is 5.97 Å². The fraction of sp³-hybridized carbons (Fsp3) is 0.950. The number of carbonyl (C=O) groups is 1. The van der Waals surface area contributed by atoms with Gasteiger partial charge >= 0.3 is 5.97 Å². The molecule has 0 aliphatic carbocycles. The predicted octanol–water partition coefficient (Wildman–Crippen LogP) is -6.49. The summed E-state index contributed by atoms with van der Waals surface area (Å²) in [5.74, 6) is -0.996. The van der Waals surface area contributed by atoms with Gasteiger partial charge in [-0.1, -0.05) is 0 Å². The molecule has 0 spiro atoms. The predicted molar refractivity (Wildman–Crippen MR) is 113 cm³/mol. The molecule has 3 aliphatic heterocycles. The van der Waals surface area contributed by atoms with Crippen molar-refractivity contribution in [1.29, 1.82) is 0 Å². The summed E-state index contributed by atoms with van der Waals surface area (Å²) >= 11 is 0. The molecule has 218 valence electrons. The third-order valence-electron chi connectivity index (χ3n) is 6.08. The molecular formula is C20H36O17. The van der Waals surface area contributed by atoms with E-state index in [-0.39, 0.29) is 13.2 Å². The highest BCUT2D eigenvalue weighted by molar-refractivity contribution is 5.75. The van der Waals surface area contributed by atoms with Gasteiger partial charge in [-0.15, -0.1) is 0 Å². The van der Waals surface area contributed by atoms with Gasteiger partial charge in [-0.3, -0.25) is 0 Å². The maximum atomic E-state index is 11.9. The minimum atomic E-state index is -1.86. The first-order valence-electron chi connectivity index (χ1n) is 11.2. The van der Waals surface area contributed by atoms with Gasteiger partial charge in [-0.05, 0) is 0 Å². The number of hydrogen-bond acceptors (Lipinski definition) is 17. The largest absolute Gasteiger partial charge is 0.467 e. The topological polar surface area (TPSA) is 264 Å². The number of ether oxygens (including phenoxy) is 7. The summed E-state index contributed by atoms with van der Waals surface area (Å²) in [6, 6.07) is 0. The first-order valence-corrected chi connectivity index (χ1v) is 11.2. The fourth-order valence-corrected chi connectivity index (χ4v) is 3.85. The van der Waals surface area contributed by atoms with E-state index in [1.165, 1.54) is 14.2 Å². The lowest BCUT2D eigenvalue weighted by Gasteiger charge is -2.45. The Bertz CT molecular complexity index is 694. The SMILES string of the molecule is COC(=O)C1O[C@@H](O)[C@@H](O)[C@H](O)C1OC1O[C@@H](OC)[C@@H](OC)C(O)C1O.OCC1OC[C@@H](O)[C@H](O)C1O. The molecule has 0 bridgehead atoms. The lowest BCUT2D eigenvalue weighted by molar-refractivity contribution is -0.377. The van der Waals surface area contributed by atoms with E-state index in [9.17, 15) is 30.3 Å². The van der Waals surface area contributed by atoms with Gasteiger partial charge in [0.05, 0.1) is 20.3 Å². The Balaban J connectivity index is 0.000000364. The number of aliphatic hydroxyl groups excluding tert-OH is 9. The smallest absolute Gasteiger partial charge is 0.337 e. The Morgan fingerprint density at radius 3 is 1.92 bits per heavy atom. The second-order valence-corrected chi connectivity index (χ2v) is 8.45. The molecule has 0 aromatic heterocycles. The Hall–Kier alpha value is -1.13. The maximum absolute atomic E-state index is 11.9. The lowest BCUT2D eigenvalue weighted by Crippen LogP contribution is -2.65. The maximum Gasteiger partial charge on any atom is 0.337 e. The Kier molecular flexibility index (Phi) is 12.4. The zero-order chi connectivity index (χ0) is 28.0. The standard InChI is InChI=1S/C14H24O12.C6H12O5/c1-21-9-5(16)7(18)13(26-14(9)23-3)25-8-4(15)6(17)11(19)24-10(8)12(20)22-2;7-1-4-6(10)5(9)3(8)2-11-4/h4-11,13-19H,1-3H3;3-10H,1-2H2/t4-,5?,6-,7?,8?,9-,10?,11+,13?,14+;3-,4?,5+,6?/m01/s1. The summed E-state index contributed by atoms with van der Waals surface area (Å²) in [5, 5.41) is 85.5. The quantitative estimate of drug-likeness (QED) is 0.140. The molecule has 0 aromatic carbocycles. The highest BCUT2D eigenvalue weighted by Gasteiger charge is 2.53. The van der Waals surface area contributed by atoms with Crippen LogP contribution in [-0.4, -0.2) is 172 Å². The van der Waals surface area contributed by atoms with Crippen molar-refractivity contribution in [2.45, 2.75) is 86.0 Å². The molecule has 0 aromatic rings. The Labute approximate surface area is 211 Å². The second-order valence-electron chi connectivity index (χ2n) is 8.45. The monoisotopic (exact) mass is 548 g/mol. The molecule has 0 radical (unpaired) electrons. The average molecular weight is 548 g/mol. The van der Waals surface area contributed by atoms with Crippen molar-refractivity contribution in [1.82, 2.24) is 0 Å². The second kappa shape index (κ2) is 14.3. The van der Waals surface area contributed by atoms with Gasteiger partial charge in [0.1, 0.15) is 61.0 Å². The van der Waals surface area contributed by atoms with Crippen LogP contribution in [-0.2, 0) is 38.0 Å². The third kappa shape index (κ3) is 7.29. The summed E-state index contributed by atoms with van der Waals surface area (Å²) in [5.41, 5.74) is 0. The fourth-order valence-electron chi connectivity index (χ4n) is 3.85. The van der Waals surface area contributed by atoms with E-state index < -0.39 is 92.0 Å². The van der Waals surface area contributed by atoms with Crippen molar-refractivity contribution in [3.63, 3.8) is 0 Å². The molecule has 3 saturated heterocycles. The number of rotatable bonds is 6. The van der Waals surface area contributed by atoms with Crippen molar-refractivity contribution in [2.75, 3.05) is 34.5 Å². The van der Waals surface area contributed by atoms with Crippen molar-refractivity contribution in [3.05, 3.63) is 0 Å². The van der Waals surface area contributed by atoms with E-state index in [1.807, 2.05) is 0 Å². The van der Waals surface area contributed by atoms with Crippen LogP contribution in [0.5, 0.6) is 0 Å². The van der Waals surface area contributed by atoms with Crippen LogP contribution in [0.25, 0.3) is 0 Å². The first-order chi connectivity index (χ1) is 17.4. The van der Waals surface area contributed by atoms with E-state index in [1.54, 1.807) is 0 Å². The highest BCUT2D eigenvalue weighted by Crippen LogP contribution is 2.30. The van der Waals surface area contributed by atoms with Gasteiger partial charge in [0, 0.05) is 14.2 Å². The molecule has 3 fully saturated rings. The van der Waals surface area contributed by atoms with Crippen LogP contribution in [0.3, 0.4) is 0 Å². The zero-order valence-electron chi connectivity index (χ0n) is 20.3. The third-order valence-corrected chi connectivity index (χ3v) is 6.08. The van der Waals surface area contributed by atoms with Crippen molar-refractivity contribution in [3.8, 4) is 0 Å². The summed E-state index contributed by atoms with van der Waals surface area (Å²) in [6.07, 6.45) is -19.7. The number of carbonyl (C=O) groups excluding carboxylic acids is 1. The minimum Gasteiger partial charge on any atom is -0.467 e. The summed E-state index contributed by atoms with van der Waals surface area (Å²) in [4.78, 5) is 11.9. The van der Waals surface area contributed by atoms with Crippen LogP contribution in [0.2, 0.25) is 0 Å². The highest BCUT2D eigenvalue weighted by atomic mass is 16.8. The minimum absolute atomic E-state index is 0.0521. The molecule has 0 saturated carbocycles. The molecule has 17 heteroatoms. The number of aliphatic hydroxyl groups is 9. The summed E-state index contributed by atoms with van der Waals surface area (Å²) < 4.78 is 35.0. The van der Waals surface area contributed by atoms with E-state index in [0.717, 1.165) is 7.11 Å². The van der Waals surface area contributed by atoms with Crippen LogP contribution < -0.4 is 0 Å². The molecule has 0 amide bonds. The van der Waals surface area contributed by atoms with Crippen LogP contribution in [0.1, 0.15) is 0 Å². The van der Waals surface area contributed by atoms with E-state index >= 15 is 0 Å². The van der Waals surface area contributed by atoms with E-state index in [0.29, 0.717) is 0 Å². The van der Waals surface area contributed by atoms with Crippen LogP contribution in [0.15, 0.2) is 0 Å². The van der Waals surface area contributed by atoms with Gasteiger partial charge in [-0.25, -0.2) is 4.79 Å². The zero-order valence-corrected chi connectivity index (χ0v) is 20.3. The Morgan fingerprint density at radius 1 is 0.757 bits per heavy atom. The molecule has 14 atom stereocenters. The van der Waals surface area contributed by atoms with Gasteiger partial charge < -0.3 is 79.1 Å². The number of hydrogen-bond donors (Lipinski definition) is 9. The van der Waals surface area contributed by atoms with Crippen molar-refractivity contribution in [2.24, 2.45) is 0 Å². The van der Waals surface area contributed by atoms with Crippen molar-refractivity contribution < 1.29 is 83.9 Å².